The molecule has 0 unspecified atom stereocenters. The van der Waals surface area contributed by atoms with Crippen LogP contribution in [0, 0.1) is 5.92 Å². The Balaban J connectivity index is 1.92. The van der Waals surface area contributed by atoms with Gasteiger partial charge in [-0.2, -0.15) is 0 Å². The van der Waals surface area contributed by atoms with Crippen LogP contribution >= 0.6 is 11.6 Å². The normalized spacial score (nSPS) is 16.6. The van der Waals surface area contributed by atoms with Gasteiger partial charge < -0.3 is 15.0 Å². The van der Waals surface area contributed by atoms with Gasteiger partial charge in [-0.05, 0) is 36.5 Å². The Bertz CT molecular complexity index is 417. The summed E-state index contributed by atoms with van der Waals surface area (Å²) in [4.78, 5) is 2.41. The zero-order chi connectivity index (χ0) is 14.4. The van der Waals surface area contributed by atoms with Gasteiger partial charge in [-0.3, -0.25) is 0 Å². The third-order valence-corrected chi connectivity index (χ3v) is 4.25. The van der Waals surface area contributed by atoms with Gasteiger partial charge in [-0.1, -0.05) is 24.6 Å². The number of benzene rings is 1. The zero-order valence-corrected chi connectivity index (χ0v) is 13.2. The number of piperidine rings is 1. The Morgan fingerprint density at radius 1 is 1.35 bits per heavy atom. The minimum Gasteiger partial charge on any atom is -0.383 e. The van der Waals surface area contributed by atoms with E-state index in [0.29, 0.717) is 0 Å². The lowest BCUT2D eigenvalue weighted by Gasteiger charge is -2.32. The molecule has 1 N–H and O–H groups in total. The van der Waals surface area contributed by atoms with Crippen LogP contribution in [0.4, 0.5) is 5.69 Å². The van der Waals surface area contributed by atoms with E-state index in [4.69, 9.17) is 16.3 Å². The van der Waals surface area contributed by atoms with E-state index in [1.165, 1.54) is 24.1 Å². The maximum atomic E-state index is 6.45. The van der Waals surface area contributed by atoms with E-state index in [9.17, 15) is 0 Å². The van der Waals surface area contributed by atoms with Gasteiger partial charge in [0.1, 0.15) is 0 Å². The number of methoxy groups -OCH3 is 1. The van der Waals surface area contributed by atoms with Crippen molar-refractivity contribution >= 4 is 17.3 Å². The van der Waals surface area contributed by atoms with Crippen LogP contribution in [0.2, 0.25) is 5.02 Å². The third kappa shape index (κ3) is 4.37. The predicted molar refractivity (Wildman–Crippen MR) is 85.6 cm³/mol. The zero-order valence-electron chi connectivity index (χ0n) is 12.5. The Kier molecular flexibility index (Phi) is 6.14. The summed E-state index contributed by atoms with van der Waals surface area (Å²) < 4.78 is 5.02. The van der Waals surface area contributed by atoms with E-state index >= 15 is 0 Å². The second-order valence-electron chi connectivity index (χ2n) is 5.62. The summed E-state index contributed by atoms with van der Waals surface area (Å²) in [5, 5.41) is 4.20. The first-order chi connectivity index (χ1) is 9.70. The SMILES string of the molecule is COCCNCc1ccc(N2CCC(C)CC2)c(Cl)c1. The van der Waals surface area contributed by atoms with Gasteiger partial charge in [0.25, 0.3) is 0 Å². The number of ether oxygens (including phenoxy) is 1. The summed E-state index contributed by atoms with van der Waals surface area (Å²) in [6.45, 7) is 6.99. The summed E-state index contributed by atoms with van der Waals surface area (Å²) in [5.41, 5.74) is 2.40. The van der Waals surface area contributed by atoms with E-state index in [1.54, 1.807) is 7.11 Å². The molecule has 0 aromatic heterocycles. The van der Waals surface area contributed by atoms with Gasteiger partial charge in [-0.15, -0.1) is 0 Å². The minimum absolute atomic E-state index is 0.734. The van der Waals surface area contributed by atoms with Gasteiger partial charge in [0, 0.05) is 33.3 Å². The van der Waals surface area contributed by atoms with Crippen molar-refractivity contribution in [3.63, 3.8) is 0 Å². The number of hydrogen-bond acceptors (Lipinski definition) is 3. The molecule has 0 saturated carbocycles. The fraction of sp³-hybridized carbons (Fsp3) is 0.625. The van der Waals surface area contributed by atoms with Gasteiger partial charge in [0.15, 0.2) is 0 Å². The molecule has 0 atom stereocenters. The van der Waals surface area contributed by atoms with Crippen molar-refractivity contribution in [2.75, 3.05) is 38.3 Å². The van der Waals surface area contributed by atoms with Crippen LogP contribution in [0.5, 0.6) is 0 Å². The van der Waals surface area contributed by atoms with Crippen molar-refractivity contribution in [3.8, 4) is 0 Å². The molecule has 1 heterocycles. The monoisotopic (exact) mass is 296 g/mol. The first-order valence-corrected chi connectivity index (χ1v) is 7.81. The standard InChI is InChI=1S/C16H25ClN2O/c1-13-5-8-19(9-6-13)16-4-3-14(11-15(16)17)12-18-7-10-20-2/h3-4,11,13,18H,5-10,12H2,1-2H3. The lowest BCUT2D eigenvalue weighted by Crippen LogP contribution is -2.32. The molecule has 1 aromatic rings. The third-order valence-electron chi connectivity index (χ3n) is 3.95. The molecule has 0 amide bonds. The second kappa shape index (κ2) is 7.87. The Hall–Kier alpha value is -0.770. The van der Waals surface area contributed by atoms with Crippen LogP contribution in [0.15, 0.2) is 18.2 Å². The molecule has 0 bridgehead atoms. The van der Waals surface area contributed by atoms with Crippen molar-refractivity contribution in [1.82, 2.24) is 5.32 Å². The summed E-state index contributed by atoms with van der Waals surface area (Å²) in [6, 6.07) is 6.40. The topological polar surface area (TPSA) is 24.5 Å². The van der Waals surface area contributed by atoms with Gasteiger partial charge in [-0.25, -0.2) is 0 Å². The number of nitrogens with zero attached hydrogens (tertiary/aromatic N) is 1. The van der Waals surface area contributed by atoms with Crippen LogP contribution in [-0.2, 0) is 11.3 Å². The largest absolute Gasteiger partial charge is 0.383 e. The summed E-state index contributed by atoms with van der Waals surface area (Å²) in [5.74, 6) is 0.842. The van der Waals surface area contributed by atoms with Crippen LogP contribution in [0.25, 0.3) is 0 Å². The van der Waals surface area contributed by atoms with Crippen molar-refractivity contribution in [2.45, 2.75) is 26.3 Å². The molecular formula is C16H25ClN2O. The van der Waals surface area contributed by atoms with Crippen molar-refractivity contribution in [1.29, 1.82) is 0 Å². The van der Waals surface area contributed by atoms with Gasteiger partial charge in [0.05, 0.1) is 17.3 Å². The predicted octanol–water partition coefficient (Wildman–Crippen LogP) is 3.31. The summed E-state index contributed by atoms with van der Waals surface area (Å²) >= 11 is 6.45. The van der Waals surface area contributed by atoms with E-state index < -0.39 is 0 Å². The average Bonchev–Trinajstić information content (AvgIpc) is 2.45. The van der Waals surface area contributed by atoms with Crippen molar-refractivity contribution in [2.24, 2.45) is 5.92 Å². The molecule has 1 aliphatic rings. The van der Waals surface area contributed by atoms with Crippen LogP contribution in [-0.4, -0.2) is 33.4 Å². The fourth-order valence-electron chi connectivity index (χ4n) is 2.57. The highest BCUT2D eigenvalue weighted by Crippen LogP contribution is 2.30. The first kappa shape index (κ1) is 15.6. The number of nitrogens with one attached hydrogen (secondary N) is 1. The summed E-state index contributed by atoms with van der Waals surface area (Å²) in [7, 11) is 1.72. The Labute approximate surface area is 127 Å². The van der Waals surface area contributed by atoms with Gasteiger partial charge in [0.2, 0.25) is 0 Å². The molecule has 0 spiro atoms. The highest BCUT2D eigenvalue weighted by molar-refractivity contribution is 6.33. The number of hydrogen-bond donors (Lipinski definition) is 1. The van der Waals surface area contributed by atoms with E-state index in [0.717, 1.165) is 43.7 Å². The summed E-state index contributed by atoms with van der Waals surface area (Å²) in [6.07, 6.45) is 2.52. The maximum Gasteiger partial charge on any atom is 0.0642 e. The number of halogens is 1. The first-order valence-electron chi connectivity index (χ1n) is 7.43. The highest BCUT2D eigenvalue weighted by atomic mass is 35.5. The highest BCUT2D eigenvalue weighted by Gasteiger charge is 2.17. The number of rotatable bonds is 6. The molecule has 112 valence electrons. The van der Waals surface area contributed by atoms with Crippen LogP contribution < -0.4 is 10.2 Å². The Morgan fingerprint density at radius 3 is 2.75 bits per heavy atom. The molecule has 0 radical (unpaired) electrons. The quantitative estimate of drug-likeness (QED) is 0.815. The number of anilines is 1. The average molecular weight is 297 g/mol. The van der Waals surface area contributed by atoms with Crippen LogP contribution in [0.3, 0.4) is 0 Å². The Morgan fingerprint density at radius 2 is 2.10 bits per heavy atom. The van der Waals surface area contributed by atoms with Crippen LogP contribution in [0.1, 0.15) is 25.3 Å². The molecule has 2 rings (SSSR count). The molecule has 4 heteroatoms. The maximum absolute atomic E-state index is 6.45. The van der Waals surface area contributed by atoms with Crippen molar-refractivity contribution < 1.29 is 4.74 Å². The molecule has 20 heavy (non-hydrogen) atoms. The second-order valence-corrected chi connectivity index (χ2v) is 6.03. The molecule has 1 aliphatic heterocycles. The lowest BCUT2D eigenvalue weighted by molar-refractivity contribution is 0.199. The molecule has 1 aromatic carbocycles. The molecule has 1 fully saturated rings. The smallest absolute Gasteiger partial charge is 0.0642 e. The van der Waals surface area contributed by atoms with Crippen molar-refractivity contribution in [3.05, 3.63) is 28.8 Å². The van der Waals surface area contributed by atoms with E-state index in [2.05, 4.69) is 35.3 Å². The van der Waals surface area contributed by atoms with E-state index in [-0.39, 0.29) is 0 Å². The molecule has 3 nitrogen and oxygen atoms in total. The molecule has 1 saturated heterocycles. The van der Waals surface area contributed by atoms with E-state index in [1.807, 2.05) is 0 Å². The fourth-order valence-corrected chi connectivity index (χ4v) is 2.90. The molecular weight excluding hydrogens is 272 g/mol. The molecule has 0 aliphatic carbocycles. The lowest BCUT2D eigenvalue weighted by atomic mass is 9.98. The minimum atomic E-state index is 0.734. The van der Waals surface area contributed by atoms with Gasteiger partial charge >= 0.3 is 0 Å².